The molecule has 0 radical (unpaired) electrons. The van der Waals surface area contributed by atoms with E-state index in [9.17, 15) is 4.79 Å². The Hall–Kier alpha value is -1.36. The molecule has 0 aliphatic rings. The molecule has 4 N–H and O–H groups in total. The number of hydrogen-bond acceptors (Lipinski definition) is 4. The van der Waals surface area contributed by atoms with E-state index in [4.69, 9.17) is 11.5 Å². The third-order valence-corrected chi connectivity index (χ3v) is 1.27. The maximum Gasteiger partial charge on any atom is 0.265 e. The standard InChI is InChI=1S/C6H10N4O/c1-4(7)6(11)10-5(8)2-3-9-10/h2-4H,7-8H2,1H3/t4-/m0/s1. The molecule has 60 valence electrons. The van der Waals surface area contributed by atoms with Gasteiger partial charge in [0.2, 0.25) is 0 Å². The van der Waals surface area contributed by atoms with Crippen LogP contribution in [-0.4, -0.2) is 21.7 Å². The molecular weight excluding hydrogens is 144 g/mol. The average molecular weight is 154 g/mol. The van der Waals surface area contributed by atoms with E-state index in [0.29, 0.717) is 5.82 Å². The molecule has 0 aromatic carbocycles. The largest absolute Gasteiger partial charge is 0.383 e. The van der Waals surface area contributed by atoms with Gasteiger partial charge in [-0.25, -0.2) is 0 Å². The fourth-order valence-electron chi connectivity index (χ4n) is 0.691. The zero-order chi connectivity index (χ0) is 8.43. The van der Waals surface area contributed by atoms with Crippen LogP contribution in [0.4, 0.5) is 5.82 Å². The van der Waals surface area contributed by atoms with Crippen molar-refractivity contribution >= 4 is 11.7 Å². The second-order valence-corrected chi connectivity index (χ2v) is 2.29. The monoisotopic (exact) mass is 154 g/mol. The van der Waals surface area contributed by atoms with E-state index < -0.39 is 6.04 Å². The minimum absolute atomic E-state index is 0.299. The highest BCUT2D eigenvalue weighted by molar-refractivity contribution is 5.85. The van der Waals surface area contributed by atoms with Crippen LogP contribution in [0.1, 0.15) is 11.7 Å². The minimum Gasteiger partial charge on any atom is -0.383 e. The molecule has 5 heteroatoms. The number of rotatable bonds is 1. The van der Waals surface area contributed by atoms with Gasteiger partial charge in [0.1, 0.15) is 5.82 Å². The molecule has 0 bridgehead atoms. The Bertz CT molecular complexity index is 265. The van der Waals surface area contributed by atoms with Crippen LogP contribution in [0.25, 0.3) is 0 Å². The number of nitrogen functional groups attached to an aromatic ring is 1. The smallest absolute Gasteiger partial charge is 0.265 e. The predicted octanol–water partition coefficient (Wildman–Crippen LogP) is -0.547. The van der Waals surface area contributed by atoms with Crippen molar-refractivity contribution in [2.75, 3.05) is 5.73 Å². The molecular formula is C6H10N4O. The molecule has 0 aliphatic heterocycles. The summed E-state index contributed by atoms with van der Waals surface area (Å²) in [6, 6.07) is 0.970. The van der Waals surface area contributed by atoms with Crippen LogP contribution in [0.2, 0.25) is 0 Å². The molecule has 0 saturated heterocycles. The van der Waals surface area contributed by atoms with Crippen molar-refractivity contribution in [3.63, 3.8) is 0 Å². The number of hydrogen-bond donors (Lipinski definition) is 2. The summed E-state index contributed by atoms with van der Waals surface area (Å²) >= 11 is 0. The van der Waals surface area contributed by atoms with E-state index in [1.165, 1.54) is 6.20 Å². The number of nitrogens with zero attached hydrogens (tertiary/aromatic N) is 2. The molecule has 0 spiro atoms. The van der Waals surface area contributed by atoms with Crippen molar-refractivity contribution in [2.45, 2.75) is 13.0 Å². The van der Waals surface area contributed by atoms with Gasteiger partial charge in [0, 0.05) is 6.07 Å². The second-order valence-electron chi connectivity index (χ2n) is 2.29. The molecule has 0 fully saturated rings. The number of nitrogens with two attached hydrogens (primary N) is 2. The number of carbonyl (C=O) groups is 1. The first-order valence-electron chi connectivity index (χ1n) is 3.22. The summed E-state index contributed by atoms with van der Waals surface area (Å²) in [5.41, 5.74) is 10.7. The molecule has 0 amide bonds. The third-order valence-electron chi connectivity index (χ3n) is 1.27. The van der Waals surface area contributed by atoms with Crippen LogP contribution in [0, 0.1) is 0 Å². The fraction of sp³-hybridized carbons (Fsp3) is 0.333. The molecule has 1 atom stereocenters. The lowest BCUT2D eigenvalue weighted by atomic mass is 10.3. The maximum atomic E-state index is 11.1. The van der Waals surface area contributed by atoms with E-state index in [0.717, 1.165) is 4.68 Å². The molecule has 1 heterocycles. The lowest BCUT2D eigenvalue weighted by Gasteiger charge is -2.04. The summed E-state index contributed by atoms with van der Waals surface area (Å²) in [5.74, 6) is 0.0137. The van der Waals surface area contributed by atoms with Gasteiger partial charge < -0.3 is 11.5 Å². The van der Waals surface area contributed by atoms with Crippen molar-refractivity contribution in [1.82, 2.24) is 9.78 Å². The van der Waals surface area contributed by atoms with E-state index in [1.807, 2.05) is 0 Å². The van der Waals surface area contributed by atoms with Crippen LogP contribution in [0.5, 0.6) is 0 Å². The van der Waals surface area contributed by atoms with Gasteiger partial charge in [-0.3, -0.25) is 4.79 Å². The lowest BCUT2D eigenvalue weighted by molar-refractivity contribution is 0.0874. The summed E-state index contributed by atoms with van der Waals surface area (Å²) in [4.78, 5) is 11.1. The highest BCUT2D eigenvalue weighted by Gasteiger charge is 2.12. The highest BCUT2D eigenvalue weighted by atomic mass is 16.2. The lowest BCUT2D eigenvalue weighted by Crippen LogP contribution is -2.32. The Balaban J connectivity index is 2.93. The van der Waals surface area contributed by atoms with Crippen LogP contribution >= 0.6 is 0 Å². The molecule has 5 nitrogen and oxygen atoms in total. The van der Waals surface area contributed by atoms with Crippen molar-refractivity contribution in [3.8, 4) is 0 Å². The van der Waals surface area contributed by atoms with Gasteiger partial charge in [-0.05, 0) is 6.92 Å². The van der Waals surface area contributed by atoms with Gasteiger partial charge in [-0.2, -0.15) is 9.78 Å². The predicted molar refractivity (Wildman–Crippen MR) is 40.9 cm³/mol. The van der Waals surface area contributed by atoms with Crippen molar-refractivity contribution in [3.05, 3.63) is 12.3 Å². The summed E-state index contributed by atoms with van der Waals surface area (Å²) in [7, 11) is 0. The number of anilines is 1. The van der Waals surface area contributed by atoms with E-state index in [2.05, 4.69) is 5.10 Å². The summed E-state index contributed by atoms with van der Waals surface area (Å²) < 4.78 is 1.09. The zero-order valence-electron chi connectivity index (χ0n) is 6.19. The molecule has 1 aromatic heterocycles. The maximum absolute atomic E-state index is 11.1. The van der Waals surface area contributed by atoms with Crippen molar-refractivity contribution in [1.29, 1.82) is 0 Å². The van der Waals surface area contributed by atoms with E-state index in [-0.39, 0.29) is 5.91 Å². The first-order chi connectivity index (χ1) is 5.13. The average Bonchev–Trinajstić information content (AvgIpc) is 2.33. The van der Waals surface area contributed by atoms with Crippen LogP contribution in [0.15, 0.2) is 12.3 Å². The van der Waals surface area contributed by atoms with Crippen molar-refractivity contribution in [2.24, 2.45) is 5.73 Å². The summed E-state index contributed by atoms with van der Waals surface area (Å²) in [6.07, 6.45) is 1.45. The third kappa shape index (κ3) is 1.38. The molecule has 0 aliphatic carbocycles. The normalized spacial score (nSPS) is 12.9. The van der Waals surface area contributed by atoms with Gasteiger partial charge in [-0.1, -0.05) is 0 Å². The fourth-order valence-corrected chi connectivity index (χ4v) is 0.691. The van der Waals surface area contributed by atoms with Gasteiger partial charge in [0.15, 0.2) is 0 Å². The van der Waals surface area contributed by atoms with Gasteiger partial charge in [0.25, 0.3) is 5.91 Å². The first kappa shape index (κ1) is 7.74. The van der Waals surface area contributed by atoms with Crippen LogP contribution < -0.4 is 11.5 Å². The zero-order valence-corrected chi connectivity index (χ0v) is 6.19. The van der Waals surface area contributed by atoms with Gasteiger partial charge >= 0.3 is 0 Å². The molecule has 0 unspecified atom stereocenters. The molecule has 1 aromatic rings. The minimum atomic E-state index is -0.572. The Morgan fingerprint density at radius 3 is 2.82 bits per heavy atom. The first-order valence-corrected chi connectivity index (χ1v) is 3.22. The topological polar surface area (TPSA) is 86.9 Å². The number of carbonyl (C=O) groups excluding carboxylic acids is 1. The Morgan fingerprint density at radius 1 is 1.82 bits per heavy atom. The van der Waals surface area contributed by atoms with E-state index in [1.54, 1.807) is 13.0 Å². The molecule has 0 saturated carbocycles. The van der Waals surface area contributed by atoms with E-state index >= 15 is 0 Å². The van der Waals surface area contributed by atoms with Crippen molar-refractivity contribution < 1.29 is 4.79 Å². The number of aromatic nitrogens is 2. The quantitative estimate of drug-likeness (QED) is 0.568. The summed E-state index contributed by atoms with van der Waals surface area (Å²) in [5, 5.41) is 3.70. The summed E-state index contributed by atoms with van der Waals surface area (Å²) in [6.45, 7) is 1.59. The SMILES string of the molecule is C[C@H](N)C(=O)n1nccc1N. The second kappa shape index (κ2) is 2.71. The Labute approximate surface area is 64.0 Å². The highest BCUT2D eigenvalue weighted by Crippen LogP contribution is 1.99. The molecule has 1 rings (SSSR count). The van der Waals surface area contributed by atoms with Gasteiger partial charge in [0.05, 0.1) is 12.2 Å². The van der Waals surface area contributed by atoms with Crippen LogP contribution in [0.3, 0.4) is 0 Å². The Morgan fingerprint density at radius 2 is 2.45 bits per heavy atom. The van der Waals surface area contributed by atoms with Gasteiger partial charge in [-0.15, -0.1) is 0 Å². The Kier molecular flexibility index (Phi) is 1.91. The molecule has 11 heavy (non-hydrogen) atoms. The van der Waals surface area contributed by atoms with Crippen LogP contribution in [-0.2, 0) is 0 Å².